The molecule has 4 aromatic heterocycles. The van der Waals surface area contributed by atoms with Gasteiger partial charge in [-0.3, -0.25) is 0 Å². The van der Waals surface area contributed by atoms with Crippen LogP contribution < -0.4 is 9.47 Å². The van der Waals surface area contributed by atoms with Gasteiger partial charge in [-0.2, -0.15) is 10.2 Å². The van der Waals surface area contributed by atoms with Gasteiger partial charge in [0.05, 0.1) is 11.4 Å². The first kappa shape index (κ1) is 38.0. The molecule has 6 rings (SSSR count). The lowest BCUT2D eigenvalue weighted by molar-refractivity contribution is -0.275. The summed E-state index contributed by atoms with van der Waals surface area (Å²) < 4.78 is 84.3. The lowest BCUT2D eigenvalue weighted by Crippen LogP contribution is -2.17. The summed E-state index contributed by atoms with van der Waals surface area (Å²) in [6.45, 7) is 3.70. The lowest BCUT2D eigenvalue weighted by Gasteiger charge is -2.09. The number of nitrogens with zero attached hydrogens (tertiary/aromatic N) is 6. The standard InChI is InChI=1S/C18H12F3N3O.C11H8F3IN2O.C7H5N/c1-13-12-15(6-5-14-4-2-3-11-22-14)23-24(13)16-7-9-17(10-8-16)25-18(19,20)21;1-7-6-10(15)16-17(7)8-2-4-9(5-3-8)18-11(12,13)14;1-2-7-5-3-4-6-8-7/h2-4,7-12H,1H3;2-6H,1H3;1,3-6H. The van der Waals surface area contributed by atoms with Crippen molar-refractivity contribution in [1.29, 1.82) is 0 Å². The SMILES string of the molecule is C#Cc1ccccn1.Cc1cc(C#Cc2ccccn2)nn1-c1ccc(OC(F)(F)F)cc1.Cc1cc(I)nn1-c1ccc(OC(F)(F)F)cc1. The largest absolute Gasteiger partial charge is 0.573 e. The van der Waals surface area contributed by atoms with E-state index < -0.39 is 12.7 Å². The highest BCUT2D eigenvalue weighted by molar-refractivity contribution is 14.1. The van der Waals surface area contributed by atoms with Gasteiger partial charge in [-0.1, -0.05) is 18.1 Å². The monoisotopic (exact) mass is 814 g/mol. The number of pyridine rings is 2. The second-order valence-electron chi connectivity index (χ2n) is 10.0. The first-order valence-corrected chi connectivity index (χ1v) is 15.6. The number of aromatic nitrogens is 6. The molecular formula is C36H25F6IN6O2. The van der Waals surface area contributed by atoms with Crippen LogP contribution in [0.5, 0.6) is 11.5 Å². The molecule has 0 aliphatic heterocycles. The van der Waals surface area contributed by atoms with Crippen molar-refractivity contribution in [2.75, 3.05) is 0 Å². The minimum absolute atomic E-state index is 0.245. The smallest absolute Gasteiger partial charge is 0.406 e. The Bertz CT molecular complexity index is 2110. The van der Waals surface area contributed by atoms with Crippen molar-refractivity contribution >= 4 is 22.6 Å². The third kappa shape index (κ3) is 12.5. The van der Waals surface area contributed by atoms with Crippen molar-refractivity contribution in [2.24, 2.45) is 0 Å². The molecule has 0 fully saturated rings. The van der Waals surface area contributed by atoms with Gasteiger partial charge in [0, 0.05) is 23.8 Å². The number of terminal acetylenes is 1. The maximum atomic E-state index is 12.2. The highest BCUT2D eigenvalue weighted by Gasteiger charge is 2.31. The van der Waals surface area contributed by atoms with E-state index in [1.807, 2.05) is 38.1 Å². The molecule has 51 heavy (non-hydrogen) atoms. The maximum Gasteiger partial charge on any atom is 0.573 e. The van der Waals surface area contributed by atoms with Crippen LogP contribution in [0, 0.1) is 41.7 Å². The highest BCUT2D eigenvalue weighted by Crippen LogP contribution is 2.25. The number of hydrogen-bond donors (Lipinski definition) is 0. The Morgan fingerprint density at radius 1 is 0.608 bits per heavy atom. The highest BCUT2D eigenvalue weighted by atomic mass is 127. The molecule has 4 heterocycles. The number of rotatable bonds is 4. The summed E-state index contributed by atoms with van der Waals surface area (Å²) in [5.41, 5.74) is 4.86. The van der Waals surface area contributed by atoms with Crippen LogP contribution in [0.4, 0.5) is 26.3 Å². The average molecular weight is 815 g/mol. The van der Waals surface area contributed by atoms with E-state index in [4.69, 9.17) is 6.42 Å². The summed E-state index contributed by atoms with van der Waals surface area (Å²) in [6, 6.07) is 25.6. The van der Waals surface area contributed by atoms with Crippen molar-refractivity contribution in [3.05, 3.63) is 142 Å². The Labute approximate surface area is 302 Å². The van der Waals surface area contributed by atoms with Crippen molar-refractivity contribution in [1.82, 2.24) is 29.5 Å². The molecule has 0 radical (unpaired) electrons. The summed E-state index contributed by atoms with van der Waals surface area (Å²) in [5, 5.41) is 8.58. The van der Waals surface area contributed by atoms with E-state index in [0.717, 1.165) is 15.1 Å². The van der Waals surface area contributed by atoms with Crippen LogP contribution in [0.15, 0.2) is 109 Å². The van der Waals surface area contributed by atoms with Gasteiger partial charge in [0.15, 0.2) is 0 Å². The van der Waals surface area contributed by atoms with Gasteiger partial charge < -0.3 is 9.47 Å². The molecule has 0 amide bonds. The topological polar surface area (TPSA) is 79.9 Å². The normalized spacial score (nSPS) is 10.7. The Balaban J connectivity index is 0.000000194. The molecule has 6 aromatic rings. The van der Waals surface area contributed by atoms with Gasteiger partial charge in [0.1, 0.15) is 32.3 Å². The van der Waals surface area contributed by atoms with Gasteiger partial charge in [-0.05, 0) is 133 Å². The van der Waals surface area contributed by atoms with E-state index in [-0.39, 0.29) is 11.5 Å². The summed E-state index contributed by atoms with van der Waals surface area (Å²) in [7, 11) is 0. The van der Waals surface area contributed by atoms with Crippen LogP contribution in [-0.4, -0.2) is 42.3 Å². The number of halogens is 7. The number of aryl methyl sites for hydroxylation is 2. The third-order valence-electron chi connectivity index (χ3n) is 6.17. The lowest BCUT2D eigenvalue weighted by atomic mass is 10.3. The Hall–Kier alpha value is -5.81. The van der Waals surface area contributed by atoms with Gasteiger partial charge >= 0.3 is 12.7 Å². The fraction of sp³-hybridized carbons (Fsp3) is 0.111. The first-order valence-electron chi connectivity index (χ1n) is 14.5. The van der Waals surface area contributed by atoms with Gasteiger partial charge in [0.2, 0.25) is 0 Å². The minimum atomic E-state index is -4.71. The summed E-state index contributed by atoms with van der Waals surface area (Å²) in [4.78, 5) is 7.97. The van der Waals surface area contributed by atoms with Crippen LogP contribution in [0.2, 0.25) is 0 Å². The van der Waals surface area contributed by atoms with E-state index in [1.165, 1.54) is 48.5 Å². The summed E-state index contributed by atoms with van der Waals surface area (Å²) >= 11 is 2.07. The van der Waals surface area contributed by atoms with Crippen LogP contribution in [0.25, 0.3) is 11.4 Å². The predicted octanol–water partition coefficient (Wildman–Crippen LogP) is 8.62. The average Bonchev–Trinajstić information content (AvgIpc) is 3.64. The fourth-order valence-electron chi connectivity index (χ4n) is 4.09. The van der Waals surface area contributed by atoms with Crippen LogP contribution in [-0.2, 0) is 0 Å². The molecule has 260 valence electrons. The minimum Gasteiger partial charge on any atom is -0.406 e. The number of ether oxygens (including phenoxy) is 2. The predicted molar refractivity (Wildman–Crippen MR) is 185 cm³/mol. The molecule has 2 aromatic carbocycles. The molecule has 0 saturated carbocycles. The summed E-state index contributed by atoms with van der Waals surface area (Å²) in [6.07, 6.45) is -1.01. The molecular weight excluding hydrogens is 789 g/mol. The number of alkyl halides is 6. The Morgan fingerprint density at radius 3 is 1.45 bits per heavy atom. The zero-order chi connectivity index (χ0) is 37.0. The molecule has 0 spiro atoms. The van der Waals surface area contributed by atoms with Crippen LogP contribution >= 0.6 is 22.6 Å². The fourth-order valence-corrected chi connectivity index (χ4v) is 4.75. The van der Waals surface area contributed by atoms with Crippen molar-refractivity contribution in [3.8, 4) is 47.1 Å². The van der Waals surface area contributed by atoms with Crippen LogP contribution in [0.3, 0.4) is 0 Å². The summed E-state index contributed by atoms with van der Waals surface area (Å²) in [5.74, 6) is 7.71. The van der Waals surface area contributed by atoms with Crippen molar-refractivity contribution < 1.29 is 35.8 Å². The molecule has 0 bridgehead atoms. The second-order valence-corrected chi connectivity index (χ2v) is 11.1. The molecule has 0 saturated heterocycles. The van der Waals surface area contributed by atoms with E-state index in [2.05, 4.69) is 70.0 Å². The third-order valence-corrected chi connectivity index (χ3v) is 6.70. The molecule has 0 atom stereocenters. The van der Waals surface area contributed by atoms with Crippen molar-refractivity contribution in [3.63, 3.8) is 0 Å². The first-order chi connectivity index (χ1) is 24.2. The molecule has 0 aliphatic rings. The molecule has 0 aliphatic carbocycles. The van der Waals surface area contributed by atoms with E-state index in [9.17, 15) is 26.3 Å². The zero-order valence-electron chi connectivity index (χ0n) is 26.6. The van der Waals surface area contributed by atoms with Gasteiger partial charge in [-0.15, -0.1) is 32.8 Å². The zero-order valence-corrected chi connectivity index (χ0v) is 28.8. The molecule has 15 heteroatoms. The Morgan fingerprint density at radius 2 is 1.06 bits per heavy atom. The quantitative estimate of drug-likeness (QED) is 0.101. The Kier molecular flexibility index (Phi) is 12.8. The van der Waals surface area contributed by atoms with E-state index >= 15 is 0 Å². The number of benzene rings is 2. The van der Waals surface area contributed by atoms with Crippen molar-refractivity contribution in [2.45, 2.75) is 26.6 Å². The molecule has 0 unspecified atom stereocenters. The number of hydrogen-bond acceptors (Lipinski definition) is 6. The van der Waals surface area contributed by atoms with E-state index in [0.29, 0.717) is 28.5 Å². The van der Waals surface area contributed by atoms with E-state index in [1.54, 1.807) is 46.0 Å². The molecule has 0 N–H and O–H groups in total. The maximum absolute atomic E-state index is 12.2. The van der Waals surface area contributed by atoms with Gasteiger partial charge in [-0.25, -0.2) is 19.3 Å². The molecule has 8 nitrogen and oxygen atoms in total. The van der Waals surface area contributed by atoms with Crippen LogP contribution in [0.1, 0.15) is 28.5 Å². The van der Waals surface area contributed by atoms with Gasteiger partial charge in [0.25, 0.3) is 0 Å². The second kappa shape index (κ2) is 17.2.